The van der Waals surface area contributed by atoms with E-state index in [1.54, 1.807) is 6.20 Å². The molecule has 1 aliphatic heterocycles. The first-order chi connectivity index (χ1) is 9.94. The lowest BCUT2D eigenvalue weighted by molar-refractivity contribution is -0.907. The minimum atomic E-state index is -0.150. The van der Waals surface area contributed by atoms with Crippen LogP contribution in [0.3, 0.4) is 0 Å². The second-order valence-electron chi connectivity index (χ2n) is 5.69. The van der Waals surface area contributed by atoms with E-state index in [2.05, 4.69) is 7.05 Å². The molecule has 122 valence electrons. The number of likely N-dealkylation sites (N-methyl/N-ethyl adjacent to an activating group) is 1. The van der Waals surface area contributed by atoms with E-state index in [4.69, 9.17) is 15.3 Å². The van der Waals surface area contributed by atoms with E-state index in [1.165, 1.54) is 0 Å². The van der Waals surface area contributed by atoms with Crippen LogP contribution in [0.25, 0.3) is 0 Å². The predicted octanol–water partition coefficient (Wildman–Crippen LogP) is -1.97. The van der Waals surface area contributed by atoms with Crippen LogP contribution in [-0.4, -0.2) is 61.7 Å². The highest BCUT2D eigenvalue weighted by Gasteiger charge is 2.33. The molecule has 1 aliphatic rings. The van der Waals surface area contributed by atoms with E-state index in [9.17, 15) is 4.79 Å². The first-order valence-corrected chi connectivity index (χ1v) is 7.17. The minimum absolute atomic E-state index is 0. The van der Waals surface area contributed by atoms with Crippen molar-refractivity contribution in [2.75, 3.05) is 40.3 Å². The lowest BCUT2D eigenvalue weighted by atomic mass is 10.0. The summed E-state index contributed by atoms with van der Waals surface area (Å²) >= 11 is 0. The summed E-state index contributed by atoms with van der Waals surface area (Å²) in [6.07, 6.45) is 3.45. The smallest absolute Gasteiger partial charge is 0.361 e. The highest BCUT2D eigenvalue weighted by molar-refractivity contribution is 5.70. The molecule has 1 fully saturated rings. The average molecular weight is 371 g/mol. The second kappa shape index (κ2) is 9.45. The standard InChI is InChI=1S/C15H23N4O2.BrH/c1-4-21-15(20)12-19(3)7-5-14(6-8-19)18(2)11-13(9-16)10-17;/h11,14H,4-8,12H2,1-3H3;1H/q+1;/p-1. The lowest BCUT2D eigenvalue weighted by Gasteiger charge is -2.42. The number of likely N-dealkylation sites (tertiary alicyclic amines) is 1. The molecular formula is C15H23BrN4O2. The van der Waals surface area contributed by atoms with Gasteiger partial charge in [0.05, 0.1) is 26.7 Å². The Morgan fingerprint density at radius 3 is 2.36 bits per heavy atom. The molecule has 0 aromatic rings. The molecule has 0 spiro atoms. The Hall–Kier alpha value is -1.57. The fourth-order valence-electron chi connectivity index (χ4n) is 2.65. The van der Waals surface area contributed by atoms with Crippen LogP contribution in [0.5, 0.6) is 0 Å². The summed E-state index contributed by atoms with van der Waals surface area (Å²) in [6, 6.07) is 4.04. The van der Waals surface area contributed by atoms with Gasteiger partial charge in [-0.1, -0.05) is 0 Å². The quantitative estimate of drug-likeness (QED) is 0.318. The van der Waals surface area contributed by atoms with E-state index in [0.717, 1.165) is 25.9 Å². The fourth-order valence-corrected chi connectivity index (χ4v) is 2.65. The predicted molar refractivity (Wildman–Crippen MR) is 77.5 cm³/mol. The Kier molecular flexibility index (Phi) is 8.77. The van der Waals surface area contributed by atoms with E-state index < -0.39 is 0 Å². The number of ether oxygens (including phenoxy) is 1. The first-order valence-electron chi connectivity index (χ1n) is 7.17. The molecule has 0 amide bonds. The van der Waals surface area contributed by atoms with Crippen LogP contribution in [0.4, 0.5) is 0 Å². The van der Waals surface area contributed by atoms with Crippen molar-refractivity contribution in [3.63, 3.8) is 0 Å². The number of nitriles is 2. The van der Waals surface area contributed by atoms with Gasteiger partial charge in [0.2, 0.25) is 0 Å². The molecule has 0 N–H and O–H groups in total. The van der Waals surface area contributed by atoms with Crippen molar-refractivity contribution in [3.8, 4) is 12.1 Å². The summed E-state index contributed by atoms with van der Waals surface area (Å²) in [4.78, 5) is 13.6. The SMILES string of the molecule is CCOC(=O)C[N+]1(C)CCC(N(C)C=C(C#N)C#N)CC1.[Br-]. The number of nitrogens with zero attached hydrogens (tertiary/aromatic N) is 4. The topological polar surface area (TPSA) is 77.1 Å². The van der Waals surface area contributed by atoms with Crippen molar-refractivity contribution < 1.29 is 31.0 Å². The van der Waals surface area contributed by atoms with Crippen molar-refractivity contribution in [1.82, 2.24) is 4.90 Å². The van der Waals surface area contributed by atoms with Crippen LogP contribution >= 0.6 is 0 Å². The van der Waals surface area contributed by atoms with E-state index in [0.29, 0.717) is 23.7 Å². The zero-order valence-corrected chi connectivity index (χ0v) is 15.0. The second-order valence-corrected chi connectivity index (χ2v) is 5.69. The number of carbonyl (C=O) groups excluding carboxylic acids is 1. The number of quaternary nitrogens is 1. The molecule has 0 aliphatic carbocycles. The summed E-state index contributed by atoms with van der Waals surface area (Å²) in [5, 5.41) is 17.6. The maximum atomic E-state index is 11.6. The van der Waals surface area contributed by atoms with Gasteiger partial charge < -0.3 is 31.1 Å². The number of halogens is 1. The molecule has 22 heavy (non-hydrogen) atoms. The van der Waals surface area contributed by atoms with Gasteiger partial charge in [-0.3, -0.25) is 0 Å². The largest absolute Gasteiger partial charge is 1.00 e. The van der Waals surface area contributed by atoms with E-state index in [-0.39, 0.29) is 28.5 Å². The molecule has 6 nitrogen and oxygen atoms in total. The Bertz CT molecular complexity index is 469. The molecular weight excluding hydrogens is 348 g/mol. The zero-order valence-electron chi connectivity index (χ0n) is 13.4. The van der Waals surface area contributed by atoms with Gasteiger partial charge in [0.25, 0.3) is 0 Å². The third kappa shape index (κ3) is 6.05. The normalized spacial score (nSPS) is 23.2. The molecule has 0 bridgehead atoms. The molecule has 0 aromatic heterocycles. The third-order valence-corrected chi connectivity index (χ3v) is 3.97. The van der Waals surface area contributed by atoms with Crippen molar-refractivity contribution >= 4 is 5.97 Å². The van der Waals surface area contributed by atoms with Crippen molar-refractivity contribution in [1.29, 1.82) is 10.5 Å². The van der Waals surface area contributed by atoms with Crippen LogP contribution in [-0.2, 0) is 9.53 Å². The van der Waals surface area contributed by atoms with Crippen molar-refractivity contribution in [2.24, 2.45) is 0 Å². The number of allylic oxidation sites excluding steroid dienone is 1. The number of rotatable bonds is 5. The molecule has 1 saturated heterocycles. The summed E-state index contributed by atoms with van der Waals surface area (Å²) in [6.45, 7) is 4.40. The summed E-state index contributed by atoms with van der Waals surface area (Å²) in [5.41, 5.74) is 0.117. The molecule has 1 rings (SSSR count). The van der Waals surface area contributed by atoms with Gasteiger partial charge in [-0.15, -0.1) is 0 Å². The summed E-state index contributed by atoms with van der Waals surface area (Å²) < 4.78 is 5.71. The molecule has 0 aromatic carbocycles. The van der Waals surface area contributed by atoms with E-state index in [1.807, 2.05) is 31.0 Å². The molecule has 0 unspecified atom stereocenters. The van der Waals surface area contributed by atoms with Gasteiger partial charge in [0, 0.05) is 32.1 Å². The average Bonchev–Trinajstić information content (AvgIpc) is 2.45. The summed E-state index contributed by atoms with van der Waals surface area (Å²) in [7, 11) is 3.96. The minimum Gasteiger partial charge on any atom is -1.00 e. The Labute approximate surface area is 142 Å². The van der Waals surface area contributed by atoms with Gasteiger partial charge >= 0.3 is 5.97 Å². The zero-order chi connectivity index (χ0) is 15.9. The Balaban J connectivity index is 0.00000441. The van der Waals surface area contributed by atoms with Gasteiger partial charge in [0.1, 0.15) is 17.7 Å². The van der Waals surface area contributed by atoms with Crippen LogP contribution in [0.15, 0.2) is 11.8 Å². The summed E-state index contributed by atoms with van der Waals surface area (Å²) in [5.74, 6) is -0.150. The Morgan fingerprint density at radius 2 is 1.91 bits per heavy atom. The maximum absolute atomic E-state index is 11.6. The van der Waals surface area contributed by atoms with Crippen LogP contribution in [0, 0.1) is 22.7 Å². The number of piperidine rings is 1. The molecule has 7 heteroatoms. The van der Waals surface area contributed by atoms with Gasteiger partial charge in [-0.05, 0) is 6.92 Å². The molecule has 0 radical (unpaired) electrons. The van der Waals surface area contributed by atoms with Crippen molar-refractivity contribution in [2.45, 2.75) is 25.8 Å². The first kappa shape index (κ1) is 20.4. The number of carbonyl (C=O) groups is 1. The molecule has 0 saturated carbocycles. The highest BCUT2D eigenvalue weighted by atomic mass is 79.9. The molecule has 0 atom stereocenters. The third-order valence-electron chi connectivity index (χ3n) is 3.97. The Morgan fingerprint density at radius 1 is 1.36 bits per heavy atom. The van der Waals surface area contributed by atoms with E-state index >= 15 is 0 Å². The van der Waals surface area contributed by atoms with Gasteiger partial charge in [-0.2, -0.15) is 10.5 Å². The maximum Gasteiger partial charge on any atom is 0.361 e. The van der Waals surface area contributed by atoms with Crippen LogP contribution in [0.1, 0.15) is 19.8 Å². The van der Waals surface area contributed by atoms with Gasteiger partial charge in [0.15, 0.2) is 6.54 Å². The molecule has 1 heterocycles. The highest BCUT2D eigenvalue weighted by Crippen LogP contribution is 2.21. The van der Waals surface area contributed by atoms with Crippen LogP contribution in [0.2, 0.25) is 0 Å². The van der Waals surface area contributed by atoms with Crippen LogP contribution < -0.4 is 17.0 Å². The van der Waals surface area contributed by atoms with Crippen molar-refractivity contribution in [3.05, 3.63) is 11.8 Å². The number of hydrogen-bond acceptors (Lipinski definition) is 5. The number of esters is 1. The van der Waals surface area contributed by atoms with Gasteiger partial charge in [-0.25, -0.2) is 4.79 Å². The fraction of sp³-hybridized carbons (Fsp3) is 0.667. The monoisotopic (exact) mass is 370 g/mol. The number of hydrogen-bond donors (Lipinski definition) is 0. The lowest BCUT2D eigenvalue weighted by Crippen LogP contribution is -3.00.